The first-order chi connectivity index (χ1) is 19.0. The minimum absolute atomic E-state index is 0.404. The number of pyridine rings is 1. The molecule has 0 radical (unpaired) electrons. The summed E-state index contributed by atoms with van der Waals surface area (Å²) in [5.74, 6) is 2.51. The zero-order chi connectivity index (χ0) is 27.5. The van der Waals surface area contributed by atoms with Crippen LogP contribution in [0, 0.1) is 0 Å². The first-order valence-electron chi connectivity index (χ1n) is 13.0. The van der Waals surface area contributed by atoms with Gasteiger partial charge in [-0.3, -0.25) is 4.98 Å². The third kappa shape index (κ3) is 8.38. The summed E-state index contributed by atoms with van der Waals surface area (Å²) in [5.41, 5.74) is 5.33. The van der Waals surface area contributed by atoms with Crippen LogP contribution >= 0.6 is 0 Å². The number of benzene rings is 3. The first-order valence-corrected chi connectivity index (χ1v) is 13.0. The second-order valence-corrected chi connectivity index (χ2v) is 9.36. The van der Waals surface area contributed by atoms with E-state index < -0.39 is 0 Å². The molecule has 1 aromatic heterocycles. The number of rotatable bonds is 14. The number of anilines is 2. The summed E-state index contributed by atoms with van der Waals surface area (Å²) in [6.07, 6.45) is 1.83. The van der Waals surface area contributed by atoms with Crippen molar-refractivity contribution in [1.29, 1.82) is 0 Å². The van der Waals surface area contributed by atoms with Gasteiger partial charge in [-0.2, -0.15) is 0 Å². The van der Waals surface area contributed by atoms with E-state index in [-0.39, 0.29) is 0 Å². The summed E-state index contributed by atoms with van der Waals surface area (Å²) in [4.78, 5) is 8.90. The molecule has 4 rings (SSSR count). The van der Waals surface area contributed by atoms with E-state index >= 15 is 0 Å². The topological polar surface area (TPSA) is 56.3 Å². The fourth-order valence-corrected chi connectivity index (χ4v) is 4.21. The van der Waals surface area contributed by atoms with E-state index in [0.29, 0.717) is 32.9 Å². The Balaban J connectivity index is 1.41. The van der Waals surface area contributed by atoms with E-state index in [2.05, 4.69) is 40.2 Å². The molecule has 0 spiro atoms. The third-order valence-corrected chi connectivity index (χ3v) is 6.26. The summed E-state index contributed by atoms with van der Waals surface area (Å²) in [6.45, 7) is 2.75. The van der Waals surface area contributed by atoms with Crippen LogP contribution in [0.2, 0.25) is 0 Å². The van der Waals surface area contributed by atoms with Gasteiger partial charge >= 0.3 is 0 Å². The molecule has 0 aliphatic carbocycles. The molecule has 39 heavy (non-hydrogen) atoms. The van der Waals surface area contributed by atoms with Crippen molar-refractivity contribution in [3.05, 3.63) is 108 Å². The molecule has 0 aliphatic heterocycles. The number of aromatic nitrogens is 1. The maximum absolute atomic E-state index is 5.90. The maximum Gasteiger partial charge on any atom is 0.121 e. The van der Waals surface area contributed by atoms with Crippen molar-refractivity contribution < 1.29 is 18.9 Å². The van der Waals surface area contributed by atoms with Gasteiger partial charge in [0, 0.05) is 50.8 Å². The van der Waals surface area contributed by atoms with Crippen molar-refractivity contribution in [2.24, 2.45) is 0 Å². The van der Waals surface area contributed by atoms with Crippen LogP contribution in [0.15, 0.2) is 91.1 Å². The summed E-state index contributed by atoms with van der Waals surface area (Å²) < 4.78 is 22.7. The molecule has 1 heterocycles. The largest absolute Gasteiger partial charge is 0.497 e. The van der Waals surface area contributed by atoms with Gasteiger partial charge in [0.15, 0.2) is 0 Å². The number of ether oxygens (including phenoxy) is 4. The lowest BCUT2D eigenvalue weighted by atomic mass is 10.1. The Bertz CT molecular complexity index is 1280. The molecular formula is C32H37N3O4. The second-order valence-electron chi connectivity index (χ2n) is 9.36. The lowest BCUT2D eigenvalue weighted by Crippen LogP contribution is -2.22. The molecule has 0 unspecified atom stereocenters. The fraction of sp³-hybridized carbons (Fsp3) is 0.281. The highest BCUT2D eigenvalue weighted by molar-refractivity contribution is 5.50. The van der Waals surface area contributed by atoms with Crippen LogP contribution in [-0.4, -0.2) is 46.5 Å². The molecule has 0 N–H and O–H groups in total. The molecule has 0 atom stereocenters. The van der Waals surface area contributed by atoms with Crippen LogP contribution in [0.1, 0.15) is 16.8 Å². The average molecular weight is 528 g/mol. The molecule has 0 amide bonds. The van der Waals surface area contributed by atoms with E-state index in [1.807, 2.05) is 79.8 Å². The Labute approximate surface area is 231 Å². The summed E-state index contributed by atoms with van der Waals surface area (Å²) in [7, 11) is 7.40. The minimum Gasteiger partial charge on any atom is -0.497 e. The van der Waals surface area contributed by atoms with E-state index in [1.54, 1.807) is 14.2 Å². The van der Waals surface area contributed by atoms with Crippen LogP contribution in [0.25, 0.3) is 0 Å². The van der Waals surface area contributed by atoms with Gasteiger partial charge < -0.3 is 28.7 Å². The molecule has 0 saturated carbocycles. The van der Waals surface area contributed by atoms with Gasteiger partial charge in [0.2, 0.25) is 0 Å². The van der Waals surface area contributed by atoms with Crippen molar-refractivity contribution >= 4 is 11.4 Å². The first kappa shape index (κ1) is 27.8. The number of methoxy groups -OCH3 is 2. The van der Waals surface area contributed by atoms with Crippen LogP contribution < -0.4 is 24.0 Å². The molecular weight excluding hydrogens is 490 g/mol. The van der Waals surface area contributed by atoms with Crippen molar-refractivity contribution in [1.82, 2.24) is 4.98 Å². The smallest absolute Gasteiger partial charge is 0.121 e. The molecule has 204 valence electrons. The monoisotopic (exact) mass is 527 g/mol. The zero-order valence-corrected chi connectivity index (χ0v) is 23.2. The van der Waals surface area contributed by atoms with Gasteiger partial charge in [-0.15, -0.1) is 0 Å². The van der Waals surface area contributed by atoms with Crippen LogP contribution in [0.5, 0.6) is 17.2 Å². The Hall–Kier alpha value is -4.23. The summed E-state index contributed by atoms with van der Waals surface area (Å²) in [6, 6.07) is 28.4. The van der Waals surface area contributed by atoms with Crippen molar-refractivity contribution in [2.75, 3.05) is 51.3 Å². The molecule has 0 fully saturated rings. The SMILES string of the molecule is COc1cccc(CN(Cc2cccc(OC)c2)c2ccnc(COCCOc3cccc(N(C)C)c3)c2)c1. The fourth-order valence-electron chi connectivity index (χ4n) is 4.21. The maximum atomic E-state index is 5.90. The quantitative estimate of drug-likeness (QED) is 0.187. The molecule has 0 bridgehead atoms. The van der Waals surface area contributed by atoms with Crippen molar-refractivity contribution in [3.63, 3.8) is 0 Å². The standard InChI is InChI=1S/C32H37N3O4/c1-34(2)28-10-7-13-32(21-28)39-17-16-38-24-27-20-29(14-15-33-27)35(22-25-8-5-11-30(18-25)36-3)23-26-9-6-12-31(19-26)37-4/h5-15,18-21H,16-17,22-24H2,1-4H3. The lowest BCUT2D eigenvalue weighted by molar-refractivity contribution is 0.0870. The van der Waals surface area contributed by atoms with E-state index in [4.69, 9.17) is 18.9 Å². The predicted octanol–water partition coefficient (Wildman–Crippen LogP) is 5.97. The number of hydrogen-bond donors (Lipinski definition) is 0. The summed E-state index contributed by atoms with van der Waals surface area (Å²) in [5, 5.41) is 0. The van der Waals surface area contributed by atoms with Gasteiger partial charge in [0.05, 0.1) is 33.1 Å². The molecule has 7 nitrogen and oxygen atoms in total. The van der Waals surface area contributed by atoms with E-state index in [0.717, 1.165) is 45.4 Å². The Morgan fingerprint density at radius 2 is 1.31 bits per heavy atom. The van der Waals surface area contributed by atoms with Crippen LogP contribution in [0.4, 0.5) is 11.4 Å². The van der Waals surface area contributed by atoms with Gasteiger partial charge in [0.25, 0.3) is 0 Å². The second kappa shape index (κ2) is 14.1. The average Bonchev–Trinajstić information content (AvgIpc) is 2.97. The van der Waals surface area contributed by atoms with Crippen LogP contribution in [-0.2, 0) is 24.4 Å². The van der Waals surface area contributed by atoms with E-state index in [9.17, 15) is 0 Å². The van der Waals surface area contributed by atoms with Gasteiger partial charge in [0.1, 0.15) is 23.9 Å². The normalized spacial score (nSPS) is 10.7. The highest BCUT2D eigenvalue weighted by Gasteiger charge is 2.12. The van der Waals surface area contributed by atoms with Gasteiger partial charge in [-0.1, -0.05) is 30.3 Å². The molecule has 4 aromatic rings. The Morgan fingerprint density at radius 3 is 1.95 bits per heavy atom. The highest BCUT2D eigenvalue weighted by Crippen LogP contribution is 2.24. The Morgan fingerprint density at radius 1 is 0.667 bits per heavy atom. The highest BCUT2D eigenvalue weighted by atomic mass is 16.5. The lowest BCUT2D eigenvalue weighted by Gasteiger charge is -2.26. The zero-order valence-electron chi connectivity index (χ0n) is 23.2. The molecule has 0 aliphatic rings. The van der Waals surface area contributed by atoms with Gasteiger partial charge in [-0.25, -0.2) is 0 Å². The summed E-state index contributed by atoms with van der Waals surface area (Å²) >= 11 is 0. The third-order valence-electron chi connectivity index (χ3n) is 6.26. The van der Waals surface area contributed by atoms with Crippen molar-refractivity contribution in [2.45, 2.75) is 19.7 Å². The van der Waals surface area contributed by atoms with Crippen molar-refractivity contribution in [3.8, 4) is 17.2 Å². The molecule has 7 heteroatoms. The minimum atomic E-state index is 0.404. The predicted molar refractivity (Wildman–Crippen MR) is 156 cm³/mol. The number of nitrogens with zero attached hydrogens (tertiary/aromatic N) is 3. The van der Waals surface area contributed by atoms with E-state index in [1.165, 1.54) is 0 Å². The van der Waals surface area contributed by atoms with Gasteiger partial charge in [-0.05, 0) is 59.7 Å². The molecule has 3 aromatic carbocycles. The molecule has 0 saturated heterocycles. The number of hydrogen-bond acceptors (Lipinski definition) is 7. The van der Waals surface area contributed by atoms with Crippen LogP contribution in [0.3, 0.4) is 0 Å². The Kier molecular flexibility index (Phi) is 10.0.